The number of carbonyl (C=O) groups is 1. The van der Waals surface area contributed by atoms with Crippen molar-refractivity contribution in [3.05, 3.63) is 51.2 Å². The Hall–Kier alpha value is -1.56. The van der Waals surface area contributed by atoms with Crippen molar-refractivity contribution in [1.82, 2.24) is 16.0 Å². The second kappa shape index (κ2) is 13.6. The minimum absolute atomic E-state index is 0. The van der Waals surface area contributed by atoms with Crippen LogP contribution >= 0.6 is 46.9 Å². The zero-order valence-electron chi connectivity index (χ0n) is 16.3. The molecule has 2 aromatic rings. The van der Waals surface area contributed by atoms with Crippen LogP contribution in [0.1, 0.15) is 28.3 Å². The van der Waals surface area contributed by atoms with Gasteiger partial charge in [0.1, 0.15) is 11.9 Å². The molecule has 4 N–H and O–H groups in total. The molecular weight excluding hydrogens is 527 g/mol. The van der Waals surface area contributed by atoms with E-state index in [-0.39, 0.29) is 36.4 Å². The monoisotopic (exact) mass is 552 g/mol. The lowest BCUT2D eigenvalue weighted by atomic mass is 10.2. The fraction of sp³-hybridized carbons (Fsp3) is 0.368. The summed E-state index contributed by atoms with van der Waals surface area (Å²) in [5, 5.41) is 19.3. The number of guanidine groups is 1. The van der Waals surface area contributed by atoms with Crippen molar-refractivity contribution in [2.45, 2.75) is 13.0 Å². The number of amides is 1. The van der Waals surface area contributed by atoms with Gasteiger partial charge in [0.05, 0.1) is 18.0 Å². The fourth-order valence-corrected chi connectivity index (χ4v) is 3.36. The van der Waals surface area contributed by atoms with Crippen molar-refractivity contribution in [2.24, 2.45) is 4.99 Å². The highest BCUT2D eigenvalue weighted by atomic mass is 127. The third-order valence-electron chi connectivity index (χ3n) is 3.74. The minimum atomic E-state index is -0.706. The normalized spacial score (nSPS) is 11.9. The number of nitrogens with zero attached hydrogens (tertiary/aromatic N) is 1. The number of hydrogen-bond acceptors (Lipinski definition) is 5. The maximum atomic E-state index is 12.1. The Morgan fingerprint density at radius 3 is 2.45 bits per heavy atom. The number of carbonyl (C=O) groups excluding carboxylic acids is 1. The van der Waals surface area contributed by atoms with Crippen LogP contribution in [0.4, 0.5) is 0 Å². The van der Waals surface area contributed by atoms with Gasteiger partial charge >= 0.3 is 0 Å². The maximum absolute atomic E-state index is 12.1. The van der Waals surface area contributed by atoms with Crippen LogP contribution in [-0.2, 0) is 0 Å². The molecular formula is C19H26ClIN4O3S. The van der Waals surface area contributed by atoms with Gasteiger partial charge in [-0.3, -0.25) is 9.79 Å². The molecule has 0 saturated heterocycles. The molecule has 0 fully saturated rings. The second-order valence-electron chi connectivity index (χ2n) is 5.79. The van der Waals surface area contributed by atoms with Crippen LogP contribution < -0.4 is 20.7 Å². The van der Waals surface area contributed by atoms with E-state index in [1.165, 1.54) is 11.3 Å². The van der Waals surface area contributed by atoms with Gasteiger partial charge in [-0.25, -0.2) is 0 Å². The van der Waals surface area contributed by atoms with Gasteiger partial charge in [0.2, 0.25) is 0 Å². The molecule has 1 amide bonds. The lowest BCUT2D eigenvalue weighted by molar-refractivity contribution is 0.0954. The number of methoxy groups -OCH3 is 1. The van der Waals surface area contributed by atoms with E-state index in [9.17, 15) is 9.90 Å². The maximum Gasteiger partial charge on any atom is 0.251 e. The Morgan fingerprint density at radius 1 is 1.17 bits per heavy atom. The van der Waals surface area contributed by atoms with Crippen molar-refractivity contribution in [2.75, 3.05) is 33.3 Å². The topological polar surface area (TPSA) is 95.0 Å². The highest BCUT2D eigenvalue weighted by Gasteiger charge is 2.10. The molecule has 0 radical (unpaired) electrons. The summed E-state index contributed by atoms with van der Waals surface area (Å²) in [5.74, 6) is 1.12. The average molecular weight is 553 g/mol. The van der Waals surface area contributed by atoms with Gasteiger partial charge in [-0.2, -0.15) is 0 Å². The summed E-state index contributed by atoms with van der Waals surface area (Å²) >= 11 is 7.23. The number of ether oxygens (including phenoxy) is 1. The van der Waals surface area contributed by atoms with Gasteiger partial charge in [0.15, 0.2) is 5.96 Å². The van der Waals surface area contributed by atoms with Gasteiger partial charge in [0.25, 0.3) is 5.91 Å². The summed E-state index contributed by atoms with van der Waals surface area (Å²) < 4.78 is 5.72. The number of aliphatic hydroxyl groups is 1. The zero-order valence-corrected chi connectivity index (χ0v) is 20.2. The molecule has 1 unspecified atom stereocenters. The number of hydrogen-bond donors (Lipinski definition) is 4. The Morgan fingerprint density at radius 2 is 1.86 bits per heavy atom. The van der Waals surface area contributed by atoms with E-state index in [2.05, 4.69) is 20.9 Å². The van der Waals surface area contributed by atoms with Crippen molar-refractivity contribution in [3.63, 3.8) is 0 Å². The molecule has 0 aliphatic carbocycles. The van der Waals surface area contributed by atoms with Gasteiger partial charge in [-0.15, -0.1) is 35.3 Å². The van der Waals surface area contributed by atoms with Gasteiger partial charge in [-0.05, 0) is 43.3 Å². The third kappa shape index (κ3) is 8.77. The van der Waals surface area contributed by atoms with Crippen molar-refractivity contribution in [1.29, 1.82) is 0 Å². The summed E-state index contributed by atoms with van der Waals surface area (Å²) in [6.45, 7) is 3.78. The van der Waals surface area contributed by atoms with E-state index in [4.69, 9.17) is 16.3 Å². The molecule has 0 aliphatic rings. The van der Waals surface area contributed by atoms with Crippen molar-refractivity contribution >= 4 is 58.8 Å². The first-order chi connectivity index (χ1) is 13.5. The quantitative estimate of drug-likeness (QED) is 0.166. The van der Waals surface area contributed by atoms with Crippen LogP contribution in [0.25, 0.3) is 0 Å². The molecule has 1 aromatic heterocycles. The van der Waals surface area contributed by atoms with E-state index in [0.717, 1.165) is 4.88 Å². The summed E-state index contributed by atoms with van der Waals surface area (Å²) in [7, 11) is 1.58. The van der Waals surface area contributed by atoms with Crippen LogP contribution in [0, 0.1) is 0 Å². The molecule has 0 aliphatic heterocycles. The summed E-state index contributed by atoms with van der Waals surface area (Å²) in [4.78, 5) is 17.3. The summed E-state index contributed by atoms with van der Waals surface area (Å²) in [6, 6.07) is 10.5. The molecule has 0 spiro atoms. The number of nitrogens with one attached hydrogen (secondary N) is 3. The predicted molar refractivity (Wildman–Crippen MR) is 129 cm³/mol. The van der Waals surface area contributed by atoms with E-state index >= 15 is 0 Å². The lowest BCUT2D eigenvalue weighted by Crippen LogP contribution is -2.41. The molecule has 1 aromatic carbocycles. The number of halogens is 2. The molecule has 29 heavy (non-hydrogen) atoms. The largest absolute Gasteiger partial charge is 0.497 e. The highest BCUT2D eigenvalue weighted by molar-refractivity contribution is 14.0. The van der Waals surface area contributed by atoms with Crippen LogP contribution in [0.15, 0.2) is 41.4 Å². The molecule has 0 bridgehead atoms. The molecule has 160 valence electrons. The minimum Gasteiger partial charge on any atom is -0.497 e. The number of aliphatic hydroxyl groups excluding tert-OH is 1. The van der Waals surface area contributed by atoms with Crippen LogP contribution in [0.3, 0.4) is 0 Å². The van der Waals surface area contributed by atoms with Gasteiger partial charge < -0.3 is 25.8 Å². The molecule has 7 nitrogen and oxygen atoms in total. The standard InChI is InChI=1S/C19H25ClN4O3S.HI/c1-3-21-19(24-12-15(25)16-8-9-17(20)28-16)23-11-10-22-18(26)13-4-6-14(27-2)7-5-13;/h4-9,15,25H,3,10-12H2,1-2H3,(H,22,26)(H2,21,23,24);1H. The Balaban J connectivity index is 0.00000420. The lowest BCUT2D eigenvalue weighted by Gasteiger charge is -2.13. The highest BCUT2D eigenvalue weighted by Crippen LogP contribution is 2.26. The van der Waals surface area contributed by atoms with E-state index < -0.39 is 6.10 Å². The first-order valence-electron chi connectivity index (χ1n) is 8.91. The van der Waals surface area contributed by atoms with Crippen LogP contribution in [0.5, 0.6) is 5.75 Å². The molecule has 1 heterocycles. The van der Waals surface area contributed by atoms with Crippen LogP contribution in [-0.4, -0.2) is 50.3 Å². The van der Waals surface area contributed by atoms with E-state index in [0.29, 0.717) is 41.2 Å². The number of benzene rings is 1. The van der Waals surface area contributed by atoms with Crippen LogP contribution in [0.2, 0.25) is 4.34 Å². The van der Waals surface area contributed by atoms with Crippen molar-refractivity contribution < 1.29 is 14.6 Å². The first-order valence-corrected chi connectivity index (χ1v) is 10.1. The first kappa shape index (κ1) is 25.5. The molecule has 2 rings (SSSR count). The summed E-state index contributed by atoms with van der Waals surface area (Å²) in [6.07, 6.45) is -0.706. The molecule has 10 heteroatoms. The number of aliphatic imine (C=N–C) groups is 1. The Labute approximate surface area is 196 Å². The number of rotatable bonds is 9. The summed E-state index contributed by atoms with van der Waals surface area (Å²) in [5.41, 5.74) is 0.569. The number of thiophene rings is 1. The SMILES string of the molecule is CCNC(=NCC(O)c1ccc(Cl)s1)NCCNC(=O)c1ccc(OC)cc1.I. The zero-order chi connectivity index (χ0) is 20.4. The van der Waals surface area contributed by atoms with Gasteiger partial charge in [-0.1, -0.05) is 11.6 Å². The average Bonchev–Trinajstić information content (AvgIpc) is 3.15. The Bertz CT molecular complexity index is 786. The van der Waals surface area contributed by atoms with E-state index in [1.807, 2.05) is 6.92 Å². The molecule has 1 atom stereocenters. The third-order valence-corrected chi connectivity index (χ3v) is 5.08. The Kier molecular flexibility index (Phi) is 12.0. The van der Waals surface area contributed by atoms with E-state index in [1.54, 1.807) is 43.5 Å². The van der Waals surface area contributed by atoms with Gasteiger partial charge in [0, 0.05) is 30.1 Å². The van der Waals surface area contributed by atoms with Crippen molar-refractivity contribution in [3.8, 4) is 5.75 Å². The fourth-order valence-electron chi connectivity index (χ4n) is 2.32. The smallest absolute Gasteiger partial charge is 0.251 e. The predicted octanol–water partition coefficient (Wildman–Crippen LogP) is 3.05. The molecule has 0 saturated carbocycles. The second-order valence-corrected chi connectivity index (χ2v) is 7.54.